The monoisotopic (exact) mass is 250 g/mol. The van der Waals surface area contributed by atoms with E-state index in [0.29, 0.717) is 12.5 Å². The van der Waals surface area contributed by atoms with Gasteiger partial charge in [-0.15, -0.1) is 0 Å². The first-order chi connectivity index (χ1) is 8.70. The van der Waals surface area contributed by atoms with Gasteiger partial charge in [0.15, 0.2) is 0 Å². The van der Waals surface area contributed by atoms with Crippen molar-refractivity contribution in [1.82, 2.24) is 4.90 Å². The summed E-state index contributed by atoms with van der Waals surface area (Å²) in [6.45, 7) is 1.39. The van der Waals surface area contributed by atoms with E-state index in [2.05, 4.69) is 0 Å². The molecule has 1 heterocycles. The van der Waals surface area contributed by atoms with Crippen LogP contribution in [0.5, 0.6) is 0 Å². The van der Waals surface area contributed by atoms with Gasteiger partial charge in [0.25, 0.3) is 0 Å². The Balaban J connectivity index is 1.84. The number of rotatable bonds is 4. The van der Waals surface area contributed by atoms with E-state index in [1.807, 2.05) is 13.1 Å². The van der Waals surface area contributed by atoms with Crippen LogP contribution < -0.4 is 5.73 Å². The van der Waals surface area contributed by atoms with Gasteiger partial charge < -0.3 is 15.1 Å². The van der Waals surface area contributed by atoms with Crippen molar-refractivity contribution in [2.24, 2.45) is 17.6 Å². The molecule has 2 rings (SSSR count). The highest BCUT2D eigenvalue weighted by molar-refractivity contribution is 5.78. The Bertz CT molecular complexity index is 367. The fraction of sp³-hybridized carbons (Fsp3) is 0.643. The number of carbonyl (C=O) groups excluding carboxylic acids is 1. The van der Waals surface area contributed by atoms with Gasteiger partial charge in [0.05, 0.1) is 12.5 Å². The average Bonchev–Trinajstić information content (AvgIpc) is 2.91. The van der Waals surface area contributed by atoms with Gasteiger partial charge in [-0.05, 0) is 44.2 Å². The summed E-state index contributed by atoms with van der Waals surface area (Å²) in [5.74, 6) is 1.06. The summed E-state index contributed by atoms with van der Waals surface area (Å²) >= 11 is 0. The van der Waals surface area contributed by atoms with Crippen LogP contribution >= 0.6 is 0 Å². The number of carbonyl (C=O) groups is 1. The molecule has 0 radical (unpaired) electrons. The molecule has 0 spiro atoms. The van der Waals surface area contributed by atoms with Crippen molar-refractivity contribution >= 4 is 5.91 Å². The summed E-state index contributed by atoms with van der Waals surface area (Å²) in [5, 5.41) is 0. The van der Waals surface area contributed by atoms with E-state index in [1.54, 1.807) is 17.4 Å². The number of hydrogen-bond donors (Lipinski definition) is 1. The molecule has 1 fully saturated rings. The van der Waals surface area contributed by atoms with Gasteiger partial charge in [-0.1, -0.05) is 0 Å². The Morgan fingerprint density at radius 3 is 2.72 bits per heavy atom. The normalized spacial score (nSPS) is 23.9. The number of hydrogen-bond acceptors (Lipinski definition) is 3. The molecule has 4 nitrogen and oxygen atoms in total. The molecular weight excluding hydrogens is 228 g/mol. The Morgan fingerprint density at radius 2 is 2.17 bits per heavy atom. The van der Waals surface area contributed by atoms with Crippen LogP contribution in [-0.4, -0.2) is 24.4 Å². The highest BCUT2D eigenvalue weighted by atomic mass is 16.3. The van der Waals surface area contributed by atoms with Crippen LogP contribution in [0.4, 0.5) is 0 Å². The van der Waals surface area contributed by atoms with Crippen LogP contribution in [-0.2, 0) is 11.3 Å². The Labute approximate surface area is 108 Å². The number of nitrogens with zero attached hydrogens (tertiary/aromatic N) is 1. The quantitative estimate of drug-likeness (QED) is 0.889. The molecule has 1 aromatic rings. The van der Waals surface area contributed by atoms with Gasteiger partial charge in [0, 0.05) is 25.1 Å². The highest BCUT2D eigenvalue weighted by Crippen LogP contribution is 2.29. The van der Waals surface area contributed by atoms with Crippen LogP contribution in [0.1, 0.15) is 31.2 Å². The van der Waals surface area contributed by atoms with Crippen molar-refractivity contribution in [3.05, 3.63) is 24.2 Å². The molecule has 4 heteroatoms. The minimum atomic E-state index is 0.185. The third-order valence-electron chi connectivity index (χ3n) is 3.91. The second-order valence-electron chi connectivity index (χ2n) is 5.28. The standard InChI is InChI=1S/C14H22N2O2/c1-16(9-12-6-7-18-10-12)14(17)13-4-2-11(8-15)3-5-13/h6-7,10-11,13H,2-5,8-9,15H2,1H3. The van der Waals surface area contributed by atoms with E-state index < -0.39 is 0 Å². The van der Waals surface area contributed by atoms with Crippen LogP contribution in [0.15, 0.2) is 23.0 Å². The Kier molecular flexibility index (Phi) is 4.42. The zero-order valence-corrected chi connectivity index (χ0v) is 11.0. The summed E-state index contributed by atoms with van der Waals surface area (Å²) in [5.41, 5.74) is 6.71. The second-order valence-corrected chi connectivity index (χ2v) is 5.28. The predicted molar refractivity (Wildman–Crippen MR) is 69.7 cm³/mol. The minimum Gasteiger partial charge on any atom is -0.472 e. The fourth-order valence-electron chi connectivity index (χ4n) is 2.69. The van der Waals surface area contributed by atoms with Gasteiger partial charge in [-0.25, -0.2) is 0 Å². The SMILES string of the molecule is CN(Cc1ccoc1)C(=O)C1CCC(CN)CC1. The van der Waals surface area contributed by atoms with Gasteiger partial charge >= 0.3 is 0 Å². The summed E-state index contributed by atoms with van der Waals surface area (Å²) < 4.78 is 5.02. The number of furan rings is 1. The molecule has 2 N–H and O–H groups in total. The van der Waals surface area contributed by atoms with Gasteiger partial charge in [0.2, 0.25) is 5.91 Å². The van der Waals surface area contributed by atoms with Crippen molar-refractivity contribution in [3.8, 4) is 0 Å². The molecule has 1 saturated carbocycles. The van der Waals surface area contributed by atoms with Crippen molar-refractivity contribution < 1.29 is 9.21 Å². The van der Waals surface area contributed by atoms with Crippen molar-refractivity contribution in [2.75, 3.05) is 13.6 Å². The third-order valence-corrected chi connectivity index (χ3v) is 3.91. The van der Waals surface area contributed by atoms with Gasteiger partial charge in [-0.3, -0.25) is 4.79 Å². The lowest BCUT2D eigenvalue weighted by Gasteiger charge is -2.29. The average molecular weight is 250 g/mol. The Morgan fingerprint density at radius 1 is 1.44 bits per heavy atom. The zero-order chi connectivity index (χ0) is 13.0. The Hall–Kier alpha value is -1.29. The van der Waals surface area contributed by atoms with Gasteiger partial charge in [0.1, 0.15) is 0 Å². The molecule has 0 unspecified atom stereocenters. The minimum absolute atomic E-state index is 0.185. The largest absolute Gasteiger partial charge is 0.472 e. The van der Waals surface area contributed by atoms with Gasteiger partial charge in [-0.2, -0.15) is 0 Å². The first-order valence-corrected chi connectivity index (χ1v) is 6.66. The lowest BCUT2D eigenvalue weighted by atomic mass is 9.81. The zero-order valence-electron chi connectivity index (χ0n) is 11.0. The van der Waals surface area contributed by atoms with Crippen molar-refractivity contribution in [3.63, 3.8) is 0 Å². The molecule has 1 amide bonds. The second kappa shape index (κ2) is 6.05. The summed E-state index contributed by atoms with van der Waals surface area (Å²) in [7, 11) is 1.87. The van der Waals surface area contributed by atoms with Crippen LogP contribution in [0, 0.1) is 11.8 Å². The lowest BCUT2D eigenvalue weighted by Crippen LogP contribution is -2.35. The maximum Gasteiger partial charge on any atom is 0.225 e. The van der Waals surface area contributed by atoms with Crippen LogP contribution in [0.2, 0.25) is 0 Å². The molecule has 0 bridgehead atoms. The number of nitrogens with two attached hydrogens (primary N) is 1. The maximum atomic E-state index is 12.3. The molecule has 18 heavy (non-hydrogen) atoms. The van der Waals surface area contributed by atoms with E-state index in [1.165, 1.54) is 0 Å². The molecule has 1 aromatic heterocycles. The topological polar surface area (TPSA) is 59.5 Å². The molecule has 0 atom stereocenters. The van der Waals surface area contributed by atoms with E-state index in [-0.39, 0.29) is 11.8 Å². The highest BCUT2D eigenvalue weighted by Gasteiger charge is 2.27. The van der Waals surface area contributed by atoms with Crippen molar-refractivity contribution in [2.45, 2.75) is 32.2 Å². The predicted octanol–water partition coefficient (Wildman–Crippen LogP) is 2.00. The van der Waals surface area contributed by atoms with E-state index >= 15 is 0 Å². The fourth-order valence-corrected chi connectivity index (χ4v) is 2.69. The molecule has 1 aliphatic carbocycles. The maximum absolute atomic E-state index is 12.3. The summed E-state index contributed by atoms with van der Waals surface area (Å²) in [6, 6.07) is 1.90. The van der Waals surface area contributed by atoms with Crippen molar-refractivity contribution in [1.29, 1.82) is 0 Å². The van der Waals surface area contributed by atoms with Crippen LogP contribution in [0.3, 0.4) is 0 Å². The molecule has 0 saturated heterocycles. The molecule has 100 valence electrons. The smallest absolute Gasteiger partial charge is 0.225 e. The van der Waals surface area contributed by atoms with E-state index in [9.17, 15) is 4.79 Å². The molecule has 0 aromatic carbocycles. The molecule has 1 aliphatic rings. The third kappa shape index (κ3) is 3.13. The molecule has 0 aliphatic heterocycles. The first-order valence-electron chi connectivity index (χ1n) is 6.66. The van der Waals surface area contributed by atoms with E-state index in [4.69, 9.17) is 10.2 Å². The first kappa shape index (κ1) is 13.1. The lowest BCUT2D eigenvalue weighted by molar-refractivity contribution is -0.136. The number of amides is 1. The van der Waals surface area contributed by atoms with E-state index in [0.717, 1.165) is 37.8 Å². The summed E-state index contributed by atoms with van der Waals surface area (Å²) in [4.78, 5) is 14.1. The summed E-state index contributed by atoms with van der Waals surface area (Å²) in [6.07, 6.45) is 7.47. The van der Waals surface area contributed by atoms with Crippen LogP contribution in [0.25, 0.3) is 0 Å². The molecular formula is C14H22N2O2.